The molecule has 2 heterocycles. The standard InChI is InChI=1S/C13H24N4O/c1-4-14-13(11-6-7-15-17(11)5-2)12-10-16(3)8-9-18-12/h6-7,12-14H,4-5,8-10H2,1-3H3. The summed E-state index contributed by atoms with van der Waals surface area (Å²) in [5.74, 6) is 0. The van der Waals surface area contributed by atoms with Crippen LogP contribution in [0.4, 0.5) is 0 Å². The van der Waals surface area contributed by atoms with Gasteiger partial charge in [-0.1, -0.05) is 6.92 Å². The minimum absolute atomic E-state index is 0.200. The fraction of sp³-hybridized carbons (Fsp3) is 0.769. The Morgan fingerprint density at radius 3 is 3.06 bits per heavy atom. The predicted octanol–water partition coefficient (Wildman–Crippen LogP) is 0.884. The van der Waals surface area contributed by atoms with E-state index in [9.17, 15) is 0 Å². The molecule has 0 saturated carbocycles. The largest absolute Gasteiger partial charge is 0.374 e. The van der Waals surface area contributed by atoms with Gasteiger partial charge in [0.2, 0.25) is 0 Å². The third-order valence-electron chi connectivity index (χ3n) is 3.46. The highest BCUT2D eigenvalue weighted by atomic mass is 16.5. The average Bonchev–Trinajstić information content (AvgIpc) is 2.84. The van der Waals surface area contributed by atoms with Gasteiger partial charge in [0.05, 0.1) is 24.4 Å². The molecule has 5 heteroatoms. The Morgan fingerprint density at radius 2 is 2.39 bits per heavy atom. The number of nitrogens with one attached hydrogen (secondary N) is 1. The number of aryl methyl sites for hydroxylation is 1. The molecule has 1 aromatic rings. The quantitative estimate of drug-likeness (QED) is 0.845. The Kier molecular flexibility index (Phi) is 4.74. The first kappa shape index (κ1) is 13.5. The summed E-state index contributed by atoms with van der Waals surface area (Å²) in [4.78, 5) is 2.32. The minimum Gasteiger partial charge on any atom is -0.374 e. The topological polar surface area (TPSA) is 42.3 Å². The number of morpholine rings is 1. The smallest absolute Gasteiger partial charge is 0.0912 e. The van der Waals surface area contributed by atoms with E-state index in [1.807, 2.05) is 10.9 Å². The van der Waals surface area contributed by atoms with Crippen molar-refractivity contribution in [2.45, 2.75) is 32.5 Å². The normalized spacial score (nSPS) is 23.2. The minimum atomic E-state index is 0.200. The second-order valence-electron chi connectivity index (χ2n) is 4.78. The Labute approximate surface area is 109 Å². The van der Waals surface area contributed by atoms with Crippen molar-refractivity contribution in [3.05, 3.63) is 18.0 Å². The maximum absolute atomic E-state index is 5.94. The van der Waals surface area contributed by atoms with Gasteiger partial charge in [0, 0.05) is 25.8 Å². The van der Waals surface area contributed by atoms with E-state index in [4.69, 9.17) is 4.74 Å². The van der Waals surface area contributed by atoms with Crippen molar-refractivity contribution in [2.24, 2.45) is 0 Å². The lowest BCUT2D eigenvalue weighted by atomic mass is 10.1. The second kappa shape index (κ2) is 6.31. The molecule has 18 heavy (non-hydrogen) atoms. The lowest BCUT2D eigenvalue weighted by molar-refractivity contribution is -0.0404. The molecular weight excluding hydrogens is 228 g/mol. The molecular formula is C13H24N4O. The molecule has 2 atom stereocenters. The highest BCUT2D eigenvalue weighted by Crippen LogP contribution is 2.22. The molecule has 0 aromatic carbocycles. The molecule has 2 rings (SSSR count). The Morgan fingerprint density at radius 1 is 1.56 bits per heavy atom. The summed E-state index contributed by atoms with van der Waals surface area (Å²) in [6, 6.07) is 2.31. The van der Waals surface area contributed by atoms with Gasteiger partial charge in [0.15, 0.2) is 0 Å². The van der Waals surface area contributed by atoms with Crippen LogP contribution in [0.2, 0.25) is 0 Å². The van der Waals surface area contributed by atoms with Crippen LogP contribution in [0.5, 0.6) is 0 Å². The molecule has 5 nitrogen and oxygen atoms in total. The molecule has 1 aliphatic rings. The van der Waals surface area contributed by atoms with Crippen LogP contribution < -0.4 is 5.32 Å². The summed E-state index contributed by atoms with van der Waals surface area (Å²) < 4.78 is 7.99. The summed E-state index contributed by atoms with van der Waals surface area (Å²) in [6.07, 6.45) is 2.07. The molecule has 1 saturated heterocycles. The number of hydrogen-bond acceptors (Lipinski definition) is 4. The molecule has 1 aliphatic heterocycles. The molecule has 0 radical (unpaired) electrons. The zero-order valence-corrected chi connectivity index (χ0v) is 11.6. The molecule has 1 aromatic heterocycles. The van der Waals surface area contributed by atoms with Crippen LogP contribution >= 0.6 is 0 Å². The molecule has 1 fully saturated rings. The molecule has 0 aliphatic carbocycles. The summed E-state index contributed by atoms with van der Waals surface area (Å²) >= 11 is 0. The number of rotatable bonds is 5. The van der Waals surface area contributed by atoms with E-state index < -0.39 is 0 Å². The number of ether oxygens (including phenoxy) is 1. The third kappa shape index (κ3) is 2.91. The first-order valence-corrected chi connectivity index (χ1v) is 6.81. The average molecular weight is 252 g/mol. The lowest BCUT2D eigenvalue weighted by Gasteiger charge is -2.35. The fourth-order valence-electron chi connectivity index (χ4n) is 2.53. The number of likely N-dealkylation sites (N-methyl/N-ethyl adjacent to an activating group) is 2. The van der Waals surface area contributed by atoms with Gasteiger partial charge in [0.25, 0.3) is 0 Å². The number of hydrogen-bond donors (Lipinski definition) is 1. The van der Waals surface area contributed by atoms with Crippen LogP contribution in [-0.4, -0.2) is 54.1 Å². The predicted molar refractivity (Wildman–Crippen MR) is 71.6 cm³/mol. The third-order valence-corrected chi connectivity index (χ3v) is 3.46. The van der Waals surface area contributed by atoms with Crippen LogP contribution in [-0.2, 0) is 11.3 Å². The number of aromatic nitrogens is 2. The summed E-state index contributed by atoms with van der Waals surface area (Å²) in [7, 11) is 2.15. The van der Waals surface area contributed by atoms with Crippen molar-refractivity contribution >= 4 is 0 Å². The Hall–Kier alpha value is -0.910. The fourth-order valence-corrected chi connectivity index (χ4v) is 2.53. The molecule has 0 spiro atoms. The van der Waals surface area contributed by atoms with Gasteiger partial charge in [-0.3, -0.25) is 4.68 Å². The van der Waals surface area contributed by atoms with Crippen molar-refractivity contribution in [3.63, 3.8) is 0 Å². The molecule has 1 N–H and O–H groups in total. The van der Waals surface area contributed by atoms with Crippen LogP contribution in [0.3, 0.4) is 0 Å². The lowest BCUT2D eigenvalue weighted by Crippen LogP contribution is -2.47. The van der Waals surface area contributed by atoms with Gasteiger partial charge in [-0.05, 0) is 26.6 Å². The zero-order valence-electron chi connectivity index (χ0n) is 11.6. The SMILES string of the molecule is CCNC(c1ccnn1CC)C1CN(C)CCO1. The Bertz CT molecular complexity index is 366. The van der Waals surface area contributed by atoms with Crippen molar-refractivity contribution in [1.82, 2.24) is 20.0 Å². The van der Waals surface area contributed by atoms with Gasteiger partial charge >= 0.3 is 0 Å². The summed E-state index contributed by atoms with van der Waals surface area (Å²) in [6.45, 7) is 8.87. The van der Waals surface area contributed by atoms with E-state index in [-0.39, 0.29) is 12.1 Å². The van der Waals surface area contributed by atoms with Gasteiger partial charge in [0.1, 0.15) is 0 Å². The van der Waals surface area contributed by atoms with Crippen LogP contribution in [0.15, 0.2) is 12.3 Å². The van der Waals surface area contributed by atoms with E-state index in [1.165, 1.54) is 5.69 Å². The monoisotopic (exact) mass is 252 g/mol. The van der Waals surface area contributed by atoms with E-state index in [0.29, 0.717) is 0 Å². The first-order valence-electron chi connectivity index (χ1n) is 6.81. The van der Waals surface area contributed by atoms with Crippen molar-refractivity contribution in [3.8, 4) is 0 Å². The van der Waals surface area contributed by atoms with E-state index in [0.717, 1.165) is 32.8 Å². The van der Waals surface area contributed by atoms with E-state index in [1.54, 1.807) is 0 Å². The zero-order chi connectivity index (χ0) is 13.0. The van der Waals surface area contributed by atoms with Crippen molar-refractivity contribution in [1.29, 1.82) is 0 Å². The molecule has 2 unspecified atom stereocenters. The van der Waals surface area contributed by atoms with E-state index in [2.05, 4.69) is 42.3 Å². The van der Waals surface area contributed by atoms with Gasteiger partial charge in [-0.25, -0.2) is 0 Å². The van der Waals surface area contributed by atoms with Crippen LogP contribution in [0, 0.1) is 0 Å². The second-order valence-corrected chi connectivity index (χ2v) is 4.78. The maximum atomic E-state index is 5.94. The highest BCUT2D eigenvalue weighted by Gasteiger charge is 2.29. The number of nitrogens with zero attached hydrogens (tertiary/aromatic N) is 3. The summed E-state index contributed by atoms with van der Waals surface area (Å²) in [5, 5.41) is 7.90. The van der Waals surface area contributed by atoms with Gasteiger partial charge in [-0.15, -0.1) is 0 Å². The van der Waals surface area contributed by atoms with Crippen molar-refractivity contribution in [2.75, 3.05) is 33.3 Å². The first-order chi connectivity index (χ1) is 8.76. The Balaban J connectivity index is 2.16. The van der Waals surface area contributed by atoms with Crippen LogP contribution in [0.1, 0.15) is 25.6 Å². The van der Waals surface area contributed by atoms with Gasteiger partial charge < -0.3 is 15.0 Å². The maximum Gasteiger partial charge on any atom is 0.0912 e. The molecule has 0 bridgehead atoms. The van der Waals surface area contributed by atoms with E-state index >= 15 is 0 Å². The molecule has 0 amide bonds. The van der Waals surface area contributed by atoms with Crippen LogP contribution in [0.25, 0.3) is 0 Å². The summed E-state index contributed by atoms with van der Waals surface area (Å²) in [5.41, 5.74) is 1.22. The highest BCUT2D eigenvalue weighted by molar-refractivity contribution is 5.10. The van der Waals surface area contributed by atoms with Crippen molar-refractivity contribution < 1.29 is 4.74 Å². The molecule has 102 valence electrons. The van der Waals surface area contributed by atoms with Gasteiger partial charge in [-0.2, -0.15) is 5.10 Å².